The highest BCUT2D eigenvalue weighted by Gasteiger charge is 2.19. The summed E-state index contributed by atoms with van der Waals surface area (Å²) < 4.78 is 26.2. The van der Waals surface area contributed by atoms with Crippen molar-refractivity contribution in [3.05, 3.63) is 23.3 Å². The van der Waals surface area contributed by atoms with Crippen LogP contribution in [0.1, 0.15) is 51.4 Å². The molecule has 2 aliphatic rings. The molecule has 0 radical (unpaired) electrons. The van der Waals surface area contributed by atoms with E-state index in [9.17, 15) is 8.78 Å². The van der Waals surface area contributed by atoms with E-state index in [2.05, 4.69) is 0 Å². The minimum atomic E-state index is -0.306. The molecule has 0 heterocycles. The minimum Gasteiger partial charge on any atom is -0.212 e. The van der Waals surface area contributed by atoms with Gasteiger partial charge in [-0.1, -0.05) is 32.1 Å². The van der Waals surface area contributed by atoms with Gasteiger partial charge in [0.1, 0.15) is 11.7 Å². The fourth-order valence-corrected chi connectivity index (χ4v) is 2.64. The number of hydrogen-bond acceptors (Lipinski definition) is 0. The van der Waals surface area contributed by atoms with Crippen molar-refractivity contribution in [2.24, 2.45) is 5.92 Å². The Morgan fingerprint density at radius 3 is 2.47 bits per heavy atom. The quantitative estimate of drug-likeness (QED) is 0.615. The highest BCUT2D eigenvalue weighted by molar-refractivity contribution is 5.26. The van der Waals surface area contributed by atoms with Crippen molar-refractivity contribution >= 4 is 0 Å². The molecule has 0 aliphatic heterocycles. The predicted molar refractivity (Wildman–Crippen MR) is 57.8 cm³/mol. The van der Waals surface area contributed by atoms with Gasteiger partial charge in [-0.25, -0.2) is 8.78 Å². The second-order valence-electron chi connectivity index (χ2n) is 4.75. The zero-order valence-electron chi connectivity index (χ0n) is 9.07. The molecule has 2 rings (SSSR count). The Hall–Kier alpha value is -0.660. The summed E-state index contributed by atoms with van der Waals surface area (Å²) >= 11 is 0. The minimum absolute atomic E-state index is 0.302. The molecule has 0 nitrogen and oxygen atoms in total. The maximum absolute atomic E-state index is 13.4. The third kappa shape index (κ3) is 2.90. The van der Waals surface area contributed by atoms with Crippen LogP contribution < -0.4 is 0 Å². The van der Waals surface area contributed by atoms with Crippen molar-refractivity contribution in [2.75, 3.05) is 0 Å². The lowest BCUT2D eigenvalue weighted by molar-refractivity contribution is 0.349. The lowest BCUT2D eigenvalue weighted by Gasteiger charge is -2.23. The molecule has 0 amide bonds. The van der Waals surface area contributed by atoms with Gasteiger partial charge in [-0.05, 0) is 24.3 Å². The van der Waals surface area contributed by atoms with Crippen LogP contribution in [0.3, 0.4) is 0 Å². The maximum atomic E-state index is 13.4. The first kappa shape index (κ1) is 10.8. The second kappa shape index (κ2) is 4.91. The number of rotatable bonds is 2. The van der Waals surface area contributed by atoms with Crippen molar-refractivity contribution in [3.63, 3.8) is 0 Å². The molecule has 0 N–H and O–H groups in total. The molecule has 0 spiro atoms. The van der Waals surface area contributed by atoms with Crippen molar-refractivity contribution < 1.29 is 8.78 Å². The number of allylic oxidation sites excluding steroid dienone is 4. The molecule has 1 fully saturated rings. The van der Waals surface area contributed by atoms with Crippen LogP contribution in [0.15, 0.2) is 23.3 Å². The van der Waals surface area contributed by atoms with E-state index >= 15 is 0 Å². The van der Waals surface area contributed by atoms with Crippen LogP contribution in [0, 0.1) is 5.92 Å². The number of hydrogen-bond donors (Lipinski definition) is 0. The van der Waals surface area contributed by atoms with Crippen LogP contribution in [-0.4, -0.2) is 0 Å². The molecule has 0 aromatic rings. The fourth-order valence-electron chi connectivity index (χ4n) is 2.64. The Morgan fingerprint density at radius 2 is 1.80 bits per heavy atom. The van der Waals surface area contributed by atoms with Crippen molar-refractivity contribution in [2.45, 2.75) is 51.4 Å². The molecule has 84 valence electrons. The Labute approximate surface area is 90.1 Å². The summed E-state index contributed by atoms with van der Waals surface area (Å²) in [7, 11) is 0. The lowest BCUT2D eigenvalue weighted by Crippen LogP contribution is -2.08. The smallest absolute Gasteiger partial charge is 0.125 e. The van der Waals surface area contributed by atoms with Crippen molar-refractivity contribution in [1.29, 1.82) is 0 Å². The van der Waals surface area contributed by atoms with Crippen molar-refractivity contribution in [3.8, 4) is 0 Å². The summed E-state index contributed by atoms with van der Waals surface area (Å²) in [4.78, 5) is 0. The van der Waals surface area contributed by atoms with Gasteiger partial charge in [0.05, 0.1) is 0 Å². The zero-order valence-corrected chi connectivity index (χ0v) is 9.07. The third-order valence-electron chi connectivity index (χ3n) is 3.55. The van der Waals surface area contributed by atoms with Crippen LogP contribution in [-0.2, 0) is 0 Å². The van der Waals surface area contributed by atoms with Crippen LogP contribution >= 0.6 is 0 Å². The average molecular weight is 212 g/mol. The van der Waals surface area contributed by atoms with Gasteiger partial charge >= 0.3 is 0 Å². The molecular formula is C13H18F2. The molecule has 1 saturated carbocycles. The summed E-state index contributed by atoms with van der Waals surface area (Å²) in [5.41, 5.74) is 0.850. The summed E-state index contributed by atoms with van der Waals surface area (Å²) in [6.45, 7) is 0. The van der Waals surface area contributed by atoms with Crippen molar-refractivity contribution in [1.82, 2.24) is 0 Å². The number of halogens is 2. The van der Waals surface area contributed by atoms with Gasteiger partial charge in [-0.2, -0.15) is 0 Å². The van der Waals surface area contributed by atoms with Gasteiger partial charge in [-0.3, -0.25) is 0 Å². The highest BCUT2D eigenvalue weighted by Crippen LogP contribution is 2.34. The second-order valence-corrected chi connectivity index (χ2v) is 4.75. The van der Waals surface area contributed by atoms with Crippen LogP contribution in [0.4, 0.5) is 8.78 Å². The molecule has 0 unspecified atom stereocenters. The Morgan fingerprint density at radius 1 is 1.07 bits per heavy atom. The summed E-state index contributed by atoms with van der Waals surface area (Å²) in [6.07, 6.45) is 9.25. The SMILES string of the molecule is FC1=CC(F)=C(CC2CCCCC2)CC1. The standard InChI is InChI=1S/C13H18F2/c14-12-7-6-11(13(15)9-12)8-10-4-2-1-3-5-10/h9-10H,1-8H2. The normalized spacial score (nSPS) is 24.3. The molecule has 0 saturated heterocycles. The molecule has 2 heteroatoms. The summed E-state index contributed by atoms with van der Waals surface area (Å²) in [5.74, 6) is 0.0401. The highest BCUT2D eigenvalue weighted by atomic mass is 19.1. The summed E-state index contributed by atoms with van der Waals surface area (Å²) in [5, 5.41) is 0. The van der Waals surface area contributed by atoms with Gasteiger partial charge in [0.25, 0.3) is 0 Å². The Balaban J connectivity index is 1.95. The van der Waals surface area contributed by atoms with E-state index in [4.69, 9.17) is 0 Å². The van der Waals surface area contributed by atoms with Gasteiger partial charge in [-0.15, -0.1) is 0 Å². The van der Waals surface area contributed by atoms with E-state index in [0.717, 1.165) is 18.1 Å². The molecule has 0 aromatic carbocycles. The van der Waals surface area contributed by atoms with E-state index in [-0.39, 0.29) is 11.7 Å². The average Bonchev–Trinajstić information content (AvgIpc) is 2.24. The fraction of sp³-hybridized carbons (Fsp3) is 0.692. The first-order chi connectivity index (χ1) is 7.25. The molecule has 0 atom stereocenters. The molecule has 2 aliphatic carbocycles. The first-order valence-electron chi connectivity index (χ1n) is 5.99. The van der Waals surface area contributed by atoms with Gasteiger partial charge in [0, 0.05) is 12.5 Å². The van der Waals surface area contributed by atoms with E-state index in [1.54, 1.807) is 0 Å². The van der Waals surface area contributed by atoms with E-state index < -0.39 is 0 Å². The zero-order chi connectivity index (χ0) is 10.7. The molecule has 0 bridgehead atoms. The molecule has 15 heavy (non-hydrogen) atoms. The van der Waals surface area contributed by atoms with Gasteiger partial charge < -0.3 is 0 Å². The van der Waals surface area contributed by atoms with E-state index in [1.165, 1.54) is 32.1 Å². The monoisotopic (exact) mass is 212 g/mol. The lowest BCUT2D eigenvalue weighted by atomic mass is 9.83. The predicted octanol–water partition coefficient (Wildman–Crippen LogP) is 4.83. The van der Waals surface area contributed by atoms with Gasteiger partial charge in [0.15, 0.2) is 0 Å². The van der Waals surface area contributed by atoms with E-state index in [1.807, 2.05) is 0 Å². The maximum Gasteiger partial charge on any atom is 0.125 e. The summed E-state index contributed by atoms with van der Waals surface area (Å²) in [6, 6.07) is 0. The Kier molecular flexibility index (Phi) is 3.55. The third-order valence-corrected chi connectivity index (χ3v) is 3.55. The van der Waals surface area contributed by atoms with Crippen LogP contribution in [0.25, 0.3) is 0 Å². The first-order valence-corrected chi connectivity index (χ1v) is 5.99. The van der Waals surface area contributed by atoms with Crippen LogP contribution in [0.5, 0.6) is 0 Å². The van der Waals surface area contributed by atoms with E-state index in [0.29, 0.717) is 18.8 Å². The van der Waals surface area contributed by atoms with Gasteiger partial charge in [0.2, 0.25) is 0 Å². The topological polar surface area (TPSA) is 0 Å². The van der Waals surface area contributed by atoms with Crippen LogP contribution in [0.2, 0.25) is 0 Å². The largest absolute Gasteiger partial charge is 0.212 e. The molecular weight excluding hydrogens is 194 g/mol. The Bertz CT molecular complexity index is 283. The molecule has 0 aromatic heterocycles.